The van der Waals surface area contributed by atoms with Crippen molar-refractivity contribution < 1.29 is 27.5 Å². The first-order chi connectivity index (χ1) is 9.16. The number of nitrogens with one attached hydrogen (secondary N) is 1. The van der Waals surface area contributed by atoms with Crippen molar-refractivity contribution >= 4 is 20.7 Å². The van der Waals surface area contributed by atoms with Crippen LogP contribution in [0.2, 0.25) is 0 Å². The van der Waals surface area contributed by atoms with Crippen molar-refractivity contribution in [1.82, 2.24) is 5.32 Å². The van der Waals surface area contributed by atoms with E-state index < -0.39 is 20.0 Å². The molecule has 21 heavy (non-hydrogen) atoms. The summed E-state index contributed by atoms with van der Waals surface area (Å²) in [5.41, 5.74) is 0.136. The standard InChI is InChI=1S/C12H16F3N.ClH.HO3P/c1-3-16-9(2)7-10-5-4-6-11(8-10)12(13,14)15;;1-4(2)3/h4-6,8-9,16H,3,7H2,1-2H3;1H;(H-,1,2,3)/p+1. The minimum Gasteiger partial charge on any atom is -0.314 e. The SMILES string of the molecule is CCNC(C)Cc1cccc(C(F)(F)F)c1.Cl.O=[P+](O)O. The van der Waals surface area contributed by atoms with Gasteiger partial charge in [0.15, 0.2) is 0 Å². The van der Waals surface area contributed by atoms with Gasteiger partial charge in [-0.25, -0.2) is 0 Å². The highest BCUT2D eigenvalue weighted by molar-refractivity contribution is 7.30. The Morgan fingerprint density at radius 1 is 1.33 bits per heavy atom. The minimum atomic E-state index is -4.25. The summed E-state index contributed by atoms with van der Waals surface area (Å²) in [6.45, 7) is 4.76. The minimum absolute atomic E-state index is 0. The Labute approximate surface area is 128 Å². The average molecular weight is 349 g/mol. The van der Waals surface area contributed by atoms with Gasteiger partial charge >= 0.3 is 14.4 Å². The van der Waals surface area contributed by atoms with E-state index in [4.69, 9.17) is 14.4 Å². The summed E-state index contributed by atoms with van der Waals surface area (Å²) >= 11 is 0. The summed E-state index contributed by atoms with van der Waals surface area (Å²) in [5.74, 6) is 0. The molecule has 0 aliphatic rings. The second-order valence-electron chi connectivity index (χ2n) is 4.11. The average Bonchev–Trinajstić information content (AvgIpc) is 2.27. The molecule has 0 fully saturated rings. The number of rotatable bonds is 4. The smallest absolute Gasteiger partial charge is 0.314 e. The van der Waals surface area contributed by atoms with Crippen LogP contribution in [-0.4, -0.2) is 22.4 Å². The van der Waals surface area contributed by atoms with Crippen LogP contribution in [0.1, 0.15) is 25.0 Å². The summed E-state index contributed by atoms with van der Waals surface area (Å²) in [5, 5.41) is 3.17. The lowest BCUT2D eigenvalue weighted by Crippen LogP contribution is -2.27. The Hall–Kier alpha value is -0.720. The molecule has 9 heteroatoms. The zero-order valence-electron chi connectivity index (χ0n) is 11.6. The fraction of sp³-hybridized carbons (Fsp3) is 0.500. The van der Waals surface area contributed by atoms with Gasteiger partial charge in [0.1, 0.15) is 0 Å². The largest absolute Gasteiger partial charge is 0.692 e. The van der Waals surface area contributed by atoms with Gasteiger partial charge in [0, 0.05) is 10.6 Å². The summed E-state index contributed by atoms with van der Waals surface area (Å²) in [4.78, 5) is 14.2. The quantitative estimate of drug-likeness (QED) is 0.730. The van der Waals surface area contributed by atoms with E-state index in [9.17, 15) is 13.2 Å². The van der Waals surface area contributed by atoms with Gasteiger partial charge < -0.3 is 5.32 Å². The predicted octanol–water partition coefficient (Wildman–Crippen LogP) is 3.30. The number of alkyl halides is 3. The third-order valence-corrected chi connectivity index (χ3v) is 2.35. The van der Waals surface area contributed by atoms with Crippen molar-refractivity contribution in [2.75, 3.05) is 6.54 Å². The van der Waals surface area contributed by atoms with E-state index in [1.54, 1.807) is 6.07 Å². The molecule has 0 spiro atoms. The van der Waals surface area contributed by atoms with Crippen LogP contribution >= 0.6 is 20.7 Å². The van der Waals surface area contributed by atoms with Gasteiger partial charge in [-0.15, -0.1) is 22.2 Å². The second-order valence-corrected chi connectivity index (χ2v) is 4.62. The van der Waals surface area contributed by atoms with Crippen molar-refractivity contribution in [3.63, 3.8) is 0 Å². The molecule has 1 aromatic rings. The lowest BCUT2D eigenvalue weighted by molar-refractivity contribution is -0.137. The molecule has 0 radical (unpaired) electrons. The number of hydrogen-bond donors (Lipinski definition) is 3. The van der Waals surface area contributed by atoms with Crippen LogP contribution in [0.25, 0.3) is 0 Å². The van der Waals surface area contributed by atoms with Gasteiger partial charge in [-0.2, -0.15) is 13.2 Å². The van der Waals surface area contributed by atoms with Crippen LogP contribution in [0.15, 0.2) is 24.3 Å². The van der Waals surface area contributed by atoms with Crippen LogP contribution in [0, 0.1) is 0 Å². The highest BCUT2D eigenvalue weighted by Gasteiger charge is 2.30. The van der Waals surface area contributed by atoms with E-state index in [0.717, 1.165) is 12.6 Å². The van der Waals surface area contributed by atoms with Crippen molar-refractivity contribution in [2.24, 2.45) is 0 Å². The maximum atomic E-state index is 12.4. The van der Waals surface area contributed by atoms with Crippen molar-refractivity contribution in [1.29, 1.82) is 0 Å². The van der Waals surface area contributed by atoms with Crippen LogP contribution in [0.5, 0.6) is 0 Å². The van der Waals surface area contributed by atoms with E-state index in [1.165, 1.54) is 12.1 Å². The predicted molar refractivity (Wildman–Crippen MR) is 77.6 cm³/mol. The van der Waals surface area contributed by atoms with E-state index in [2.05, 4.69) is 5.32 Å². The molecule has 1 atom stereocenters. The summed E-state index contributed by atoms with van der Waals surface area (Å²) in [6, 6.07) is 5.68. The normalized spacial score (nSPS) is 11.8. The van der Waals surface area contributed by atoms with Crippen LogP contribution in [0.4, 0.5) is 13.2 Å². The maximum absolute atomic E-state index is 12.4. The third-order valence-electron chi connectivity index (χ3n) is 2.35. The zero-order chi connectivity index (χ0) is 15.8. The molecule has 0 bridgehead atoms. The van der Waals surface area contributed by atoms with Crippen molar-refractivity contribution in [3.8, 4) is 0 Å². The Morgan fingerprint density at radius 3 is 2.29 bits per heavy atom. The number of hydrogen-bond acceptors (Lipinski definition) is 2. The highest BCUT2D eigenvalue weighted by Crippen LogP contribution is 2.29. The molecule has 0 saturated heterocycles. The van der Waals surface area contributed by atoms with Crippen molar-refractivity contribution in [2.45, 2.75) is 32.5 Å². The molecule has 1 aromatic carbocycles. The molecule has 0 aliphatic carbocycles. The highest BCUT2D eigenvalue weighted by atomic mass is 35.5. The molecule has 0 saturated carbocycles. The van der Waals surface area contributed by atoms with Crippen molar-refractivity contribution in [3.05, 3.63) is 35.4 Å². The van der Waals surface area contributed by atoms with Gasteiger partial charge in [0.2, 0.25) is 0 Å². The number of halogens is 4. The summed E-state index contributed by atoms with van der Waals surface area (Å²) in [7, 11) is -2.87. The fourth-order valence-electron chi connectivity index (χ4n) is 1.65. The van der Waals surface area contributed by atoms with Gasteiger partial charge in [-0.3, -0.25) is 0 Å². The first-order valence-corrected chi connectivity index (χ1v) is 7.07. The number of likely N-dealkylation sites (N-methyl/N-ethyl adjacent to an activating group) is 1. The van der Waals surface area contributed by atoms with Gasteiger partial charge in [0.05, 0.1) is 5.56 Å². The topological polar surface area (TPSA) is 69.6 Å². The maximum Gasteiger partial charge on any atom is 0.692 e. The molecule has 122 valence electrons. The van der Waals surface area contributed by atoms with Gasteiger partial charge in [-0.1, -0.05) is 25.1 Å². The van der Waals surface area contributed by atoms with Gasteiger partial charge in [0.25, 0.3) is 0 Å². The first kappa shape index (κ1) is 22.6. The zero-order valence-corrected chi connectivity index (χ0v) is 13.3. The van der Waals surface area contributed by atoms with Crippen LogP contribution in [0.3, 0.4) is 0 Å². The molecule has 0 aliphatic heterocycles. The monoisotopic (exact) mass is 348 g/mol. The number of benzene rings is 1. The molecular weight excluding hydrogens is 330 g/mol. The van der Waals surface area contributed by atoms with E-state index in [0.29, 0.717) is 12.0 Å². The molecule has 0 aromatic heterocycles. The Bertz CT molecular complexity index is 428. The molecule has 1 unspecified atom stereocenters. The Kier molecular flexibility index (Phi) is 11.7. The molecule has 3 N–H and O–H groups in total. The van der Waals surface area contributed by atoms with E-state index >= 15 is 0 Å². The molecular formula is C12H19ClF3NO3P+. The van der Waals surface area contributed by atoms with Crippen LogP contribution < -0.4 is 5.32 Å². The lowest BCUT2D eigenvalue weighted by atomic mass is 10.0. The Balaban J connectivity index is 0. The van der Waals surface area contributed by atoms with E-state index in [-0.39, 0.29) is 18.4 Å². The fourth-order valence-corrected chi connectivity index (χ4v) is 1.65. The van der Waals surface area contributed by atoms with E-state index in [1.807, 2.05) is 13.8 Å². The van der Waals surface area contributed by atoms with Gasteiger partial charge in [-0.05, 0) is 31.5 Å². The molecule has 1 rings (SSSR count). The summed E-state index contributed by atoms with van der Waals surface area (Å²) in [6.07, 6.45) is -3.64. The Morgan fingerprint density at radius 2 is 1.86 bits per heavy atom. The lowest BCUT2D eigenvalue weighted by Gasteiger charge is -2.13. The van der Waals surface area contributed by atoms with Crippen LogP contribution in [-0.2, 0) is 17.2 Å². The first-order valence-electron chi connectivity index (χ1n) is 5.91. The molecule has 4 nitrogen and oxygen atoms in total. The molecule has 0 heterocycles. The summed E-state index contributed by atoms with van der Waals surface area (Å²) < 4.78 is 46.0. The second kappa shape index (κ2) is 10.9. The molecule has 0 amide bonds. The third kappa shape index (κ3) is 11.6.